The van der Waals surface area contributed by atoms with Gasteiger partial charge in [0.05, 0.1) is 6.04 Å². The maximum absolute atomic E-state index is 13.6. The fourth-order valence-corrected chi connectivity index (χ4v) is 4.33. The standard InChI is InChI=1S/C25H27N3O/c1-16(2)28(17(3)4)25(29)24-22-20(14-15-26-24)19-12-8-9-13-21(19)27-23(22)18-10-6-5-7-11-18/h5-17,23,27H,1-4H3. The number of amides is 1. The summed E-state index contributed by atoms with van der Waals surface area (Å²) in [5.74, 6) is -0.0195. The van der Waals surface area contributed by atoms with Gasteiger partial charge in [0.2, 0.25) is 0 Å². The summed E-state index contributed by atoms with van der Waals surface area (Å²) in [4.78, 5) is 20.1. The average molecular weight is 386 g/mol. The second kappa shape index (κ2) is 7.70. The van der Waals surface area contributed by atoms with Crippen molar-refractivity contribution in [1.29, 1.82) is 0 Å². The quantitative estimate of drug-likeness (QED) is 0.643. The molecule has 1 aliphatic rings. The van der Waals surface area contributed by atoms with E-state index in [0.717, 1.165) is 27.9 Å². The first kappa shape index (κ1) is 19.2. The first-order valence-corrected chi connectivity index (χ1v) is 10.2. The van der Waals surface area contributed by atoms with E-state index in [9.17, 15) is 4.79 Å². The third kappa shape index (κ3) is 3.39. The number of aromatic nitrogens is 1. The number of nitrogens with zero attached hydrogens (tertiary/aromatic N) is 2. The molecule has 0 saturated heterocycles. The molecule has 4 nitrogen and oxygen atoms in total. The van der Waals surface area contributed by atoms with E-state index in [0.29, 0.717) is 5.69 Å². The molecule has 148 valence electrons. The van der Waals surface area contributed by atoms with Gasteiger partial charge in [0.1, 0.15) is 5.69 Å². The van der Waals surface area contributed by atoms with Crippen LogP contribution in [0.5, 0.6) is 0 Å². The maximum Gasteiger partial charge on any atom is 0.273 e. The van der Waals surface area contributed by atoms with Gasteiger partial charge in [-0.2, -0.15) is 0 Å². The number of nitrogens with one attached hydrogen (secondary N) is 1. The van der Waals surface area contributed by atoms with E-state index >= 15 is 0 Å². The van der Waals surface area contributed by atoms with Crippen LogP contribution in [0.1, 0.15) is 55.4 Å². The summed E-state index contributed by atoms with van der Waals surface area (Å²) in [6, 6.07) is 20.6. The highest BCUT2D eigenvalue weighted by Gasteiger charge is 2.33. The van der Waals surface area contributed by atoms with Crippen molar-refractivity contribution in [3.05, 3.63) is 83.7 Å². The Morgan fingerprint density at radius 3 is 2.24 bits per heavy atom. The Labute approximate surface area is 172 Å². The first-order valence-electron chi connectivity index (χ1n) is 10.2. The van der Waals surface area contributed by atoms with Gasteiger partial charge in [-0.05, 0) is 51.0 Å². The van der Waals surface area contributed by atoms with Crippen LogP contribution >= 0.6 is 0 Å². The predicted octanol–water partition coefficient (Wildman–Crippen LogP) is 5.52. The van der Waals surface area contributed by atoms with E-state index in [-0.39, 0.29) is 24.0 Å². The van der Waals surface area contributed by atoms with Crippen LogP contribution in [0, 0.1) is 0 Å². The number of hydrogen-bond donors (Lipinski definition) is 1. The number of rotatable bonds is 4. The van der Waals surface area contributed by atoms with Crippen LogP contribution in [0.4, 0.5) is 5.69 Å². The monoisotopic (exact) mass is 385 g/mol. The Balaban J connectivity index is 1.94. The molecule has 2 heterocycles. The second-order valence-electron chi connectivity index (χ2n) is 8.05. The molecular weight excluding hydrogens is 358 g/mol. The van der Waals surface area contributed by atoms with E-state index in [4.69, 9.17) is 0 Å². The van der Waals surface area contributed by atoms with Gasteiger partial charge in [0, 0.05) is 35.1 Å². The topological polar surface area (TPSA) is 45.2 Å². The molecule has 29 heavy (non-hydrogen) atoms. The number of pyridine rings is 1. The van der Waals surface area contributed by atoms with Crippen LogP contribution in [-0.4, -0.2) is 27.9 Å². The summed E-state index contributed by atoms with van der Waals surface area (Å²) in [6.45, 7) is 8.20. The smallest absolute Gasteiger partial charge is 0.273 e. The molecule has 1 aromatic heterocycles. The second-order valence-corrected chi connectivity index (χ2v) is 8.05. The molecule has 1 atom stereocenters. The summed E-state index contributed by atoms with van der Waals surface area (Å²) in [6.07, 6.45) is 1.76. The Kier molecular flexibility index (Phi) is 5.10. The normalized spacial score (nSPS) is 14.9. The molecule has 0 aliphatic carbocycles. The number of anilines is 1. The highest BCUT2D eigenvalue weighted by Crippen LogP contribution is 2.44. The maximum atomic E-state index is 13.6. The zero-order valence-corrected chi connectivity index (χ0v) is 17.4. The number of benzene rings is 2. The molecule has 0 radical (unpaired) electrons. The van der Waals surface area contributed by atoms with Gasteiger partial charge in [-0.1, -0.05) is 48.5 Å². The summed E-state index contributed by atoms with van der Waals surface area (Å²) in [7, 11) is 0. The lowest BCUT2D eigenvalue weighted by atomic mass is 9.85. The van der Waals surface area contributed by atoms with Gasteiger partial charge in [0.25, 0.3) is 5.91 Å². The molecule has 4 heteroatoms. The van der Waals surface area contributed by atoms with Crippen LogP contribution in [0.2, 0.25) is 0 Å². The summed E-state index contributed by atoms with van der Waals surface area (Å²) in [5.41, 5.74) is 5.84. The van der Waals surface area contributed by atoms with Crippen LogP contribution in [-0.2, 0) is 0 Å². The van der Waals surface area contributed by atoms with Crippen LogP contribution in [0.15, 0.2) is 66.9 Å². The molecule has 3 aromatic rings. The van der Waals surface area contributed by atoms with Gasteiger partial charge in [-0.25, -0.2) is 0 Å². The van der Waals surface area contributed by atoms with Crippen LogP contribution in [0.3, 0.4) is 0 Å². The summed E-state index contributed by atoms with van der Waals surface area (Å²) >= 11 is 0. The van der Waals surface area contributed by atoms with Crippen molar-refractivity contribution in [2.75, 3.05) is 5.32 Å². The highest BCUT2D eigenvalue weighted by atomic mass is 16.2. The Bertz CT molecular complexity index is 1020. The third-order valence-corrected chi connectivity index (χ3v) is 5.48. The number of fused-ring (bicyclic) bond motifs is 3. The van der Waals surface area contributed by atoms with E-state index in [2.05, 4.69) is 62.3 Å². The molecule has 1 N–H and O–H groups in total. The predicted molar refractivity (Wildman–Crippen MR) is 118 cm³/mol. The Morgan fingerprint density at radius 2 is 1.55 bits per heavy atom. The fourth-order valence-electron chi connectivity index (χ4n) is 4.33. The van der Waals surface area contributed by atoms with Gasteiger partial charge >= 0.3 is 0 Å². The van der Waals surface area contributed by atoms with Crippen molar-refractivity contribution in [3.8, 4) is 11.1 Å². The van der Waals surface area contributed by atoms with Crippen molar-refractivity contribution in [3.63, 3.8) is 0 Å². The van der Waals surface area contributed by atoms with Crippen molar-refractivity contribution in [1.82, 2.24) is 9.88 Å². The lowest BCUT2D eigenvalue weighted by Gasteiger charge is -2.34. The van der Waals surface area contributed by atoms with Gasteiger partial charge in [0.15, 0.2) is 0 Å². The highest BCUT2D eigenvalue weighted by molar-refractivity contribution is 5.98. The summed E-state index contributed by atoms with van der Waals surface area (Å²) < 4.78 is 0. The molecule has 1 unspecified atom stereocenters. The molecule has 2 aromatic carbocycles. The first-order chi connectivity index (χ1) is 14.0. The zero-order chi connectivity index (χ0) is 20.5. The lowest BCUT2D eigenvalue weighted by molar-refractivity contribution is 0.0636. The lowest BCUT2D eigenvalue weighted by Crippen LogP contribution is -2.43. The minimum Gasteiger partial charge on any atom is -0.374 e. The van der Waals surface area contributed by atoms with Crippen LogP contribution in [0.25, 0.3) is 11.1 Å². The van der Waals surface area contributed by atoms with E-state index < -0.39 is 0 Å². The SMILES string of the molecule is CC(C)N(C(=O)c1nccc2c1C(c1ccccc1)Nc1ccccc1-2)C(C)C. The van der Waals surface area contributed by atoms with Crippen LogP contribution < -0.4 is 5.32 Å². The third-order valence-electron chi connectivity index (χ3n) is 5.48. The average Bonchev–Trinajstić information content (AvgIpc) is 2.72. The molecule has 1 amide bonds. The van der Waals surface area contributed by atoms with Crippen molar-refractivity contribution >= 4 is 11.6 Å². The number of para-hydroxylation sites is 1. The Hall–Kier alpha value is -3.14. The molecule has 4 rings (SSSR count). The van der Waals surface area contributed by atoms with Crippen molar-refractivity contribution < 1.29 is 4.79 Å². The summed E-state index contributed by atoms with van der Waals surface area (Å²) in [5, 5.41) is 3.65. The number of carbonyl (C=O) groups is 1. The Morgan fingerprint density at radius 1 is 0.897 bits per heavy atom. The van der Waals surface area contributed by atoms with Crippen molar-refractivity contribution in [2.45, 2.75) is 45.8 Å². The molecule has 0 bridgehead atoms. The van der Waals surface area contributed by atoms with Gasteiger partial charge in [-0.15, -0.1) is 0 Å². The van der Waals surface area contributed by atoms with Crippen molar-refractivity contribution in [2.24, 2.45) is 0 Å². The molecule has 1 aliphatic heterocycles. The molecular formula is C25H27N3O. The van der Waals surface area contributed by atoms with Gasteiger partial charge in [-0.3, -0.25) is 9.78 Å². The number of carbonyl (C=O) groups excluding carboxylic acids is 1. The minimum atomic E-state index is -0.130. The molecule has 0 fully saturated rings. The van der Waals surface area contributed by atoms with Gasteiger partial charge < -0.3 is 10.2 Å². The van der Waals surface area contributed by atoms with E-state index in [1.54, 1.807) is 6.20 Å². The zero-order valence-electron chi connectivity index (χ0n) is 17.4. The largest absolute Gasteiger partial charge is 0.374 e. The fraction of sp³-hybridized carbons (Fsp3) is 0.280. The molecule has 0 spiro atoms. The minimum absolute atomic E-state index is 0.0195. The van der Waals surface area contributed by atoms with E-state index in [1.807, 2.05) is 41.3 Å². The molecule has 0 saturated carbocycles. The number of hydrogen-bond acceptors (Lipinski definition) is 3. The van der Waals surface area contributed by atoms with E-state index in [1.165, 1.54) is 0 Å².